The van der Waals surface area contributed by atoms with Gasteiger partial charge in [-0.25, -0.2) is 14.8 Å². The van der Waals surface area contributed by atoms with Crippen LogP contribution in [0.1, 0.15) is 76.0 Å². The molecule has 2 aromatic carbocycles. The van der Waals surface area contributed by atoms with E-state index in [0.29, 0.717) is 99.7 Å². The number of imidazole rings is 2. The summed E-state index contributed by atoms with van der Waals surface area (Å²) in [6, 6.07) is 13.6. The zero-order chi connectivity index (χ0) is 40.3. The standard InChI is InChI=1S/C43H51F2N7O6/c1-25-22-33(25)52(35(53)23-26-13-18-57-19-14-26)24-34-46-36(39(44)47-34)29-9-5-27(6-10-29)28-7-11-30(12-8-28)37-40(45)50-41(48-37)32-4-3-17-51(32)42(54)38(49-43(55)56-2)31-15-20-58-21-16-31/h5-12,25-26,31-33,38H,3-4,13-24H2,1-2H3,(H,46,47)(H,48,50)(H,49,55)/t25-,32?,33+,38?/m0/s1. The molecule has 3 saturated heterocycles. The molecule has 4 fully saturated rings. The number of hydrogen-bond donors (Lipinski definition) is 3. The van der Waals surface area contributed by atoms with E-state index in [1.165, 1.54) is 7.11 Å². The van der Waals surface area contributed by atoms with Crippen molar-refractivity contribution >= 4 is 17.9 Å². The highest BCUT2D eigenvalue weighted by Gasteiger charge is 2.42. The second kappa shape index (κ2) is 17.4. The highest BCUT2D eigenvalue weighted by Crippen LogP contribution is 2.38. The third-order valence-electron chi connectivity index (χ3n) is 12.3. The van der Waals surface area contributed by atoms with Crippen LogP contribution in [-0.2, 0) is 30.3 Å². The van der Waals surface area contributed by atoms with E-state index in [1.54, 1.807) is 17.0 Å². The normalized spacial score (nSPS) is 21.8. The Labute approximate surface area is 336 Å². The number of amides is 3. The first-order valence-corrected chi connectivity index (χ1v) is 20.5. The smallest absolute Gasteiger partial charge is 0.407 e. The SMILES string of the molecule is COC(=O)NC(C(=O)N1CCCC1c1nc(-c2ccc(-c3ccc(-c4nc(CN(C(=O)CC5CCOCC5)[C@@H]5C[C@@H]5C)[nH]c4F)cc3)cc2)c(F)[nH]1)C1CCOCC1. The number of aromatic amines is 2. The van der Waals surface area contributed by atoms with E-state index in [-0.39, 0.29) is 41.7 Å². The Morgan fingerprint density at radius 1 is 0.862 bits per heavy atom. The van der Waals surface area contributed by atoms with E-state index in [0.717, 1.165) is 30.4 Å². The molecule has 15 heteroatoms. The summed E-state index contributed by atoms with van der Waals surface area (Å²) in [5, 5.41) is 2.74. The van der Waals surface area contributed by atoms with Crippen LogP contribution < -0.4 is 5.32 Å². The number of aromatic nitrogens is 4. The molecule has 3 aliphatic heterocycles. The highest BCUT2D eigenvalue weighted by atomic mass is 19.1. The maximum Gasteiger partial charge on any atom is 0.407 e. The number of ether oxygens (including phenoxy) is 3. The number of benzene rings is 2. The number of rotatable bonds is 12. The number of likely N-dealkylation sites (tertiary alicyclic amines) is 1. The van der Waals surface area contributed by atoms with Crippen LogP contribution in [0.25, 0.3) is 33.6 Å². The van der Waals surface area contributed by atoms with Crippen molar-refractivity contribution in [3.05, 3.63) is 72.1 Å². The third kappa shape index (κ3) is 8.65. The molecule has 4 aliphatic rings. The molecule has 1 aliphatic carbocycles. The maximum absolute atomic E-state index is 15.5. The van der Waals surface area contributed by atoms with Crippen molar-refractivity contribution in [2.24, 2.45) is 17.8 Å². The van der Waals surface area contributed by atoms with Crippen LogP contribution in [0, 0.1) is 29.6 Å². The summed E-state index contributed by atoms with van der Waals surface area (Å²) in [6.07, 6.45) is 5.06. The van der Waals surface area contributed by atoms with Crippen LogP contribution in [-0.4, -0.2) is 99.8 Å². The number of hydrogen-bond acceptors (Lipinski definition) is 8. The zero-order valence-electron chi connectivity index (χ0n) is 33.0. The predicted octanol–water partition coefficient (Wildman–Crippen LogP) is 6.78. The van der Waals surface area contributed by atoms with Crippen LogP contribution in [0.15, 0.2) is 48.5 Å². The summed E-state index contributed by atoms with van der Waals surface area (Å²) in [5.41, 5.74) is 3.26. The molecule has 4 atom stereocenters. The van der Waals surface area contributed by atoms with E-state index >= 15 is 8.78 Å². The number of H-pyrrole nitrogens is 2. The van der Waals surface area contributed by atoms with Gasteiger partial charge in [-0.3, -0.25) is 9.59 Å². The lowest BCUT2D eigenvalue weighted by molar-refractivity contribution is -0.137. The lowest BCUT2D eigenvalue weighted by Crippen LogP contribution is -2.53. The topological polar surface area (TPSA) is 155 Å². The molecular weight excluding hydrogens is 749 g/mol. The first-order chi connectivity index (χ1) is 28.2. The second-order valence-electron chi connectivity index (χ2n) is 16.1. The van der Waals surface area contributed by atoms with E-state index in [4.69, 9.17) is 14.2 Å². The Morgan fingerprint density at radius 2 is 1.43 bits per heavy atom. The van der Waals surface area contributed by atoms with Gasteiger partial charge in [0.25, 0.3) is 0 Å². The van der Waals surface area contributed by atoms with Crippen LogP contribution >= 0.6 is 0 Å². The summed E-state index contributed by atoms with van der Waals surface area (Å²) in [5.74, 6) is 0.0828. The van der Waals surface area contributed by atoms with Gasteiger partial charge in [-0.05, 0) is 73.8 Å². The summed E-state index contributed by atoms with van der Waals surface area (Å²) in [7, 11) is 1.26. The molecular formula is C43H51F2N7O6. The molecule has 0 radical (unpaired) electrons. The lowest BCUT2D eigenvalue weighted by Gasteiger charge is -2.34. The minimum atomic E-state index is -0.787. The number of halogens is 2. The first-order valence-electron chi connectivity index (χ1n) is 20.5. The fraction of sp³-hybridized carbons (Fsp3) is 0.512. The Hall–Kier alpha value is -5.15. The van der Waals surface area contributed by atoms with Crippen LogP contribution in [0.3, 0.4) is 0 Å². The van der Waals surface area contributed by atoms with E-state index in [1.807, 2.05) is 41.3 Å². The minimum Gasteiger partial charge on any atom is -0.453 e. The van der Waals surface area contributed by atoms with Crippen LogP contribution in [0.2, 0.25) is 0 Å². The molecule has 2 aromatic heterocycles. The largest absolute Gasteiger partial charge is 0.453 e. The predicted molar refractivity (Wildman–Crippen MR) is 210 cm³/mol. The van der Waals surface area contributed by atoms with Gasteiger partial charge in [-0.1, -0.05) is 55.5 Å². The van der Waals surface area contributed by atoms with Crippen LogP contribution in [0.4, 0.5) is 13.6 Å². The Morgan fingerprint density at radius 3 is 2.03 bits per heavy atom. The molecule has 5 heterocycles. The second-order valence-corrected chi connectivity index (χ2v) is 16.1. The number of nitrogens with one attached hydrogen (secondary N) is 3. The number of nitrogens with zero attached hydrogens (tertiary/aromatic N) is 4. The van der Waals surface area contributed by atoms with Crippen molar-refractivity contribution in [2.75, 3.05) is 40.1 Å². The lowest BCUT2D eigenvalue weighted by atomic mass is 9.90. The van der Waals surface area contributed by atoms with Gasteiger partial charge in [0.2, 0.25) is 23.7 Å². The molecule has 0 bridgehead atoms. The van der Waals surface area contributed by atoms with Crippen molar-refractivity contribution in [3.63, 3.8) is 0 Å². The van der Waals surface area contributed by atoms with Gasteiger partial charge >= 0.3 is 6.09 Å². The third-order valence-corrected chi connectivity index (χ3v) is 12.3. The van der Waals surface area contributed by atoms with Gasteiger partial charge in [-0.2, -0.15) is 8.78 Å². The zero-order valence-corrected chi connectivity index (χ0v) is 33.0. The van der Waals surface area contributed by atoms with Crippen molar-refractivity contribution in [1.29, 1.82) is 0 Å². The van der Waals surface area contributed by atoms with Gasteiger partial charge in [0.1, 0.15) is 29.1 Å². The summed E-state index contributed by atoms with van der Waals surface area (Å²) < 4.78 is 46.6. The van der Waals surface area contributed by atoms with Gasteiger partial charge in [0.15, 0.2) is 0 Å². The van der Waals surface area contributed by atoms with E-state index in [9.17, 15) is 14.4 Å². The molecule has 8 rings (SSSR count). The molecule has 4 aromatic rings. The van der Waals surface area contributed by atoms with Gasteiger partial charge in [0.05, 0.1) is 19.7 Å². The number of alkyl carbamates (subject to hydrolysis) is 1. The summed E-state index contributed by atoms with van der Waals surface area (Å²) in [6.45, 7) is 5.20. The fourth-order valence-electron chi connectivity index (χ4n) is 8.74. The summed E-state index contributed by atoms with van der Waals surface area (Å²) >= 11 is 0. The number of carbonyl (C=O) groups excluding carboxylic acids is 3. The van der Waals surface area contributed by atoms with Crippen molar-refractivity contribution in [2.45, 2.75) is 83.0 Å². The fourth-order valence-corrected chi connectivity index (χ4v) is 8.74. The first kappa shape index (κ1) is 39.7. The van der Waals surface area contributed by atoms with Gasteiger partial charge < -0.3 is 39.3 Å². The number of carbonyl (C=O) groups is 3. The summed E-state index contributed by atoms with van der Waals surface area (Å²) in [4.78, 5) is 57.9. The van der Waals surface area contributed by atoms with E-state index < -0.39 is 30.1 Å². The Balaban J connectivity index is 0.930. The Bertz CT molecular complexity index is 2080. The molecule has 1 saturated carbocycles. The molecule has 13 nitrogen and oxygen atoms in total. The highest BCUT2D eigenvalue weighted by molar-refractivity contribution is 5.86. The maximum atomic E-state index is 15.5. The average Bonchev–Trinajstić information content (AvgIpc) is 3.55. The van der Waals surface area contributed by atoms with Crippen LogP contribution in [0.5, 0.6) is 0 Å². The quantitative estimate of drug-likeness (QED) is 0.142. The molecule has 58 heavy (non-hydrogen) atoms. The van der Waals surface area contributed by atoms with E-state index in [2.05, 4.69) is 32.2 Å². The van der Waals surface area contributed by atoms with Gasteiger partial charge in [-0.15, -0.1) is 0 Å². The average molecular weight is 800 g/mol. The van der Waals surface area contributed by atoms with Crippen molar-refractivity contribution in [1.82, 2.24) is 35.1 Å². The molecule has 308 valence electrons. The van der Waals surface area contributed by atoms with Crippen molar-refractivity contribution in [3.8, 4) is 33.6 Å². The van der Waals surface area contributed by atoms with Gasteiger partial charge in [0, 0.05) is 56.6 Å². The molecule has 2 unspecified atom stereocenters. The molecule has 3 N–H and O–H groups in total. The van der Waals surface area contributed by atoms with Crippen molar-refractivity contribution < 1.29 is 37.4 Å². The minimum absolute atomic E-state index is 0.0866. The monoisotopic (exact) mass is 799 g/mol. The molecule has 0 spiro atoms. The molecule has 3 amide bonds. The Kier molecular flexibility index (Phi) is 11.9. The number of methoxy groups -OCH3 is 1.